The van der Waals surface area contributed by atoms with Crippen LogP contribution in [0.25, 0.3) is 28.1 Å². The molecule has 132 valence electrons. The van der Waals surface area contributed by atoms with Crippen molar-refractivity contribution in [3.8, 4) is 11.4 Å². The molecule has 0 atom stereocenters. The summed E-state index contributed by atoms with van der Waals surface area (Å²) >= 11 is 6.40. The Labute approximate surface area is 155 Å². The lowest BCUT2D eigenvalue weighted by atomic mass is 10.2. The largest absolute Gasteiger partial charge is 0.383 e. The predicted molar refractivity (Wildman–Crippen MR) is 104 cm³/mol. The van der Waals surface area contributed by atoms with Gasteiger partial charge in [-0.25, -0.2) is 4.98 Å². The molecule has 0 bridgehead atoms. The van der Waals surface area contributed by atoms with Gasteiger partial charge in [0.1, 0.15) is 0 Å². The SMILES string of the molecule is COCCNc1ccc2nc(C)c3nnc(-c4ccccc4Cl)n3c2c1. The van der Waals surface area contributed by atoms with Crippen molar-refractivity contribution in [2.75, 3.05) is 25.6 Å². The van der Waals surface area contributed by atoms with E-state index in [9.17, 15) is 0 Å². The first-order valence-corrected chi connectivity index (χ1v) is 8.70. The molecule has 0 unspecified atom stereocenters. The molecule has 0 amide bonds. The minimum Gasteiger partial charge on any atom is -0.383 e. The van der Waals surface area contributed by atoms with Gasteiger partial charge in [-0.1, -0.05) is 23.7 Å². The van der Waals surface area contributed by atoms with Crippen LogP contribution in [-0.4, -0.2) is 39.8 Å². The Morgan fingerprint density at radius 3 is 2.81 bits per heavy atom. The Bertz CT molecular complexity index is 1090. The third kappa shape index (κ3) is 2.87. The number of benzene rings is 2. The van der Waals surface area contributed by atoms with Gasteiger partial charge in [-0.05, 0) is 37.3 Å². The fraction of sp³-hybridized carbons (Fsp3) is 0.211. The van der Waals surface area contributed by atoms with Gasteiger partial charge in [0.15, 0.2) is 11.5 Å². The second-order valence-corrected chi connectivity index (χ2v) is 6.39. The molecule has 0 aliphatic rings. The quantitative estimate of drug-likeness (QED) is 0.541. The minimum absolute atomic E-state index is 0.636. The molecule has 0 aliphatic carbocycles. The van der Waals surface area contributed by atoms with Crippen LogP contribution in [0.5, 0.6) is 0 Å². The van der Waals surface area contributed by atoms with E-state index in [1.807, 2.05) is 53.8 Å². The number of ether oxygens (including phenoxy) is 1. The van der Waals surface area contributed by atoms with Gasteiger partial charge >= 0.3 is 0 Å². The molecule has 0 spiro atoms. The van der Waals surface area contributed by atoms with Crippen LogP contribution < -0.4 is 5.32 Å². The second-order valence-electron chi connectivity index (χ2n) is 5.98. The number of anilines is 1. The number of hydrogen-bond acceptors (Lipinski definition) is 5. The molecule has 0 radical (unpaired) electrons. The number of aryl methyl sites for hydroxylation is 1. The van der Waals surface area contributed by atoms with Crippen LogP contribution in [0.3, 0.4) is 0 Å². The minimum atomic E-state index is 0.636. The van der Waals surface area contributed by atoms with Gasteiger partial charge in [-0.15, -0.1) is 10.2 Å². The van der Waals surface area contributed by atoms with Crippen molar-refractivity contribution in [2.45, 2.75) is 6.92 Å². The van der Waals surface area contributed by atoms with Crippen LogP contribution in [0.15, 0.2) is 42.5 Å². The summed E-state index contributed by atoms with van der Waals surface area (Å²) in [5, 5.41) is 12.7. The predicted octanol–water partition coefficient (Wildman–Crippen LogP) is 3.96. The lowest BCUT2D eigenvalue weighted by Gasteiger charge is -2.10. The first kappa shape index (κ1) is 16.8. The molecule has 0 fully saturated rings. The highest BCUT2D eigenvalue weighted by molar-refractivity contribution is 6.33. The third-order valence-electron chi connectivity index (χ3n) is 4.24. The van der Waals surface area contributed by atoms with Crippen molar-refractivity contribution in [2.24, 2.45) is 0 Å². The maximum Gasteiger partial charge on any atom is 0.183 e. The summed E-state index contributed by atoms with van der Waals surface area (Å²) < 4.78 is 7.11. The van der Waals surface area contributed by atoms with Crippen molar-refractivity contribution in [1.82, 2.24) is 19.6 Å². The van der Waals surface area contributed by atoms with Crippen molar-refractivity contribution >= 4 is 34.0 Å². The summed E-state index contributed by atoms with van der Waals surface area (Å²) in [5.41, 5.74) is 5.17. The number of methoxy groups -OCH3 is 1. The van der Waals surface area contributed by atoms with Crippen molar-refractivity contribution in [3.05, 3.63) is 53.2 Å². The molecular weight excluding hydrogens is 350 g/mol. The van der Waals surface area contributed by atoms with E-state index in [0.717, 1.165) is 40.2 Å². The normalized spacial score (nSPS) is 11.3. The van der Waals surface area contributed by atoms with Gasteiger partial charge in [0.25, 0.3) is 0 Å². The first-order valence-electron chi connectivity index (χ1n) is 8.32. The highest BCUT2D eigenvalue weighted by atomic mass is 35.5. The fourth-order valence-electron chi connectivity index (χ4n) is 3.00. The van der Waals surface area contributed by atoms with E-state index in [4.69, 9.17) is 16.3 Å². The van der Waals surface area contributed by atoms with Crippen LogP contribution >= 0.6 is 11.6 Å². The zero-order valence-electron chi connectivity index (χ0n) is 14.5. The van der Waals surface area contributed by atoms with Gasteiger partial charge in [-0.3, -0.25) is 4.40 Å². The summed E-state index contributed by atoms with van der Waals surface area (Å²) in [4.78, 5) is 4.66. The van der Waals surface area contributed by atoms with E-state index in [2.05, 4.69) is 20.5 Å². The van der Waals surface area contributed by atoms with Crippen molar-refractivity contribution in [3.63, 3.8) is 0 Å². The molecule has 0 saturated carbocycles. The Hall–Kier alpha value is -2.70. The molecule has 0 saturated heterocycles. The molecule has 7 heteroatoms. The zero-order valence-corrected chi connectivity index (χ0v) is 15.3. The smallest absolute Gasteiger partial charge is 0.183 e. The Kier molecular flexibility index (Phi) is 4.44. The van der Waals surface area contributed by atoms with Crippen LogP contribution in [0, 0.1) is 6.92 Å². The number of hydrogen-bond donors (Lipinski definition) is 1. The molecule has 2 aromatic heterocycles. The Morgan fingerprint density at radius 1 is 1.15 bits per heavy atom. The number of nitrogens with zero attached hydrogens (tertiary/aromatic N) is 4. The number of fused-ring (bicyclic) bond motifs is 3. The molecule has 6 nitrogen and oxygen atoms in total. The molecular formula is C19H18ClN5O. The molecule has 4 aromatic rings. The summed E-state index contributed by atoms with van der Waals surface area (Å²) in [7, 11) is 1.69. The lowest BCUT2D eigenvalue weighted by molar-refractivity contribution is 0.211. The third-order valence-corrected chi connectivity index (χ3v) is 4.57. The molecule has 4 rings (SSSR count). The number of nitrogens with one attached hydrogen (secondary N) is 1. The van der Waals surface area contributed by atoms with Gasteiger partial charge in [-0.2, -0.15) is 0 Å². The van der Waals surface area contributed by atoms with Crippen LogP contribution in [0.4, 0.5) is 5.69 Å². The molecule has 26 heavy (non-hydrogen) atoms. The zero-order chi connectivity index (χ0) is 18.1. The Balaban J connectivity index is 1.95. The topological polar surface area (TPSA) is 64.3 Å². The van der Waals surface area contributed by atoms with E-state index in [0.29, 0.717) is 17.5 Å². The van der Waals surface area contributed by atoms with E-state index in [-0.39, 0.29) is 0 Å². The maximum atomic E-state index is 6.40. The standard InChI is InChI=1S/C19H18ClN5O/c1-12-18-23-24-19(14-5-3-4-6-15(14)20)25(18)17-11-13(21-9-10-26-2)7-8-16(17)22-12/h3-8,11,21H,9-10H2,1-2H3. The van der Waals surface area contributed by atoms with Gasteiger partial charge in [0.2, 0.25) is 0 Å². The summed E-state index contributed by atoms with van der Waals surface area (Å²) in [6, 6.07) is 13.7. The number of rotatable bonds is 5. The fourth-order valence-corrected chi connectivity index (χ4v) is 3.22. The molecule has 1 N–H and O–H groups in total. The average molecular weight is 368 g/mol. The van der Waals surface area contributed by atoms with E-state index in [1.54, 1.807) is 7.11 Å². The van der Waals surface area contributed by atoms with E-state index in [1.165, 1.54) is 0 Å². The van der Waals surface area contributed by atoms with Crippen molar-refractivity contribution < 1.29 is 4.74 Å². The Morgan fingerprint density at radius 2 is 2.00 bits per heavy atom. The van der Waals surface area contributed by atoms with Crippen molar-refractivity contribution in [1.29, 1.82) is 0 Å². The lowest BCUT2D eigenvalue weighted by Crippen LogP contribution is -2.07. The summed E-state index contributed by atoms with van der Waals surface area (Å²) in [5.74, 6) is 0.704. The second kappa shape index (κ2) is 6.90. The molecule has 0 aliphatic heterocycles. The molecule has 2 aromatic carbocycles. The van der Waals surface area contributed by atoms with E-state index < -0.39 is 0 Å². The number of halogens is 1. The van der Waals surface area contributed by atoms with Crippen LogP contribution in [-0.2, 0) is 4.74 Å². The van der Waals surface area contributed by atoms with Gasteiger partial charge in [0.05, 0.1) is 28.4 Å². The average Bonchev–Trinajstić information content (AvgIpc) is 3.09. The summed E-state index contributed by atoms with van der Waals surface area (Å²) in [6.45, 7) is 3.30. The van der Waals surface area contributed by atoms with Crippen LogP contribution in [0.1, 0.15) is 5.69 Å². The van der Waals surface area contributed by atoms with Gasteiger partial charge < -0.3 is 10.1 Å². The summed E-state index contributed by atoms with van der Waals surface area (Å²) in [6.07, 6.45) is 0. The van der Waals surface area contributed by atoms with Crippen LogP contribution in [0.2, 0.25) is 5.02 Å². The first-order chi connectivity index (χ1) is 12.7. The van der Waals surface area contributed by atoms with E-state index >= 15 is 0 Å². The molecule has 2 heterocycles. The number of aromatic nitrogens is 4. The monoisotopic (exact) mass is 367 g/mol. The van der Waals surface area contributed by atoms with Gasteiger partial charge in [0, 0.05) is 24.9 Å². The maximum absolute atomic E-state index is 6.40. The highest BCUT2D eigenvalue weighted by Gasteiger charge is 2.16. The highest BCUT2D eigenvalue weighted by Crippen LogP contribution is 2.30.